The summed E-state index contributed by atoms with van der Waals surface area (Å²) in [5, 5.41) is 6.27. The standard InChI is InChI=1S/C37H46N6O5/c1-4-40(5-2)30-13-10-26(11-14-30)35(45)39-31-21-27(36(46)38-29-16-18-41(19-17-29)37(47)48-6-3)12-15-33(31)42-22-25-20-28(24-42)32-8-7-9-34(44)43(32)23-25/h7-15,21,25,28-29H,4-6,16-20,22-24H2,1-3H3,(H,38,46)(H,39,45)/t25-,28+/m1/s1. The van der Waals surface area contributed by atoms with Crippen molar-refractivity contribution in [3.8, 4) is 0 Å². The van der Waals surface area contributed by atoms with Crippen LogP contribution >= 0.6 is 0 Å². The number of piperidine rings is 2. The van der Waals surface area contributed by atoms with Crippen molar-refractivity contribution in [3.05, 3.63) is 87.8 Å². The van der Waals surface area contributed by atoms with Crippen molar-refractivity contribution < 1.29 is 19.1 Å². The Morgan fingerprint density at radius 1 is 0.875 bits per heavy atom. The van der Waals surface area contributed by atoms with Crippen LogP contribution < -0.4 is 26.0 Å². The molecule has 11 heteroatoms. The first-order valence-electron chi connectivity index (χ1n) is 17.3. The first-order valence-corrected chi connectivity index (χ1v) is 17.3. The number of benzene rings is 2. The summed E-state index contributed by atoms with van der Waals surface area (Å²) in [6.07, 6.45) is 1.96. The van der Waals surface area contributed by atoms with Gasteiger partial charge in [0.1, 0.15) is 0 Å². The van der Waals surface area contributed by atoms with Gasteiger partial charge in [0.05, 0.1) is 18.0 Å². The van der Waals surface area contributed by atoms with Crippen LogP contribution in [-0.4, -0.2) is 79.3 Å². The lowest BCUT2D eigenvalue weighted by molar-refractivity contribution is 0.0859. The van der Waals surface area contributed by atoms with E-state index in [1.54, 1.807) is 24.0 Å². The minimum atomic E-state index is -0.321. The van der Waals surface area contributed by atoms with E-state index in [2.05, 4.69) is 34.3 Å². The van der Waals surface area contributed by atoms with Crippen molar-refractivity contribution in [3.63, 3.8) is 0 Å². The number of aromatic nitrogens is 1. The second-order valence-corrected chi connectivity index (χ2v) is 12.9. The van der Waals surface area contributed by atoms with Crippen LogP contribution in [0.15, 0.2) is 65.5 Å². The molecule has 2 N–H and O–H groups in total. The predicted octanol–water partition coefficient (Wildman–Crippen LogP) is 4.92. The fraction of sp³-hybridized carbons (Fsp3) is 0.459. The zero-order valence-electron chi connectivity index (χ0n) is 28.1. The highest BCUT2D eigenvalue weighted by atomic mass is 16.6. The Kier molecular flexibility index (Phi) is 10.0. The number of nitrogens with one attached hydrogen (secondary N) is 2. The number of pyridine rings is 1. The zero-order chi connectivity index (χ0) is 33.8. The number of amides is 3. The lowest BCUT2D eigenvalue weighted by Gasteiger charge is -2.44. The Labute approximate surface area is 281 Å². The molecule has 0 aliphatic carbocycles. The third-order valence-electron chi connectivity index (χ3n) is 9.94. The average Bonchev–Trinajstić information content (AvgIpc) is 3.10. The van der Waals surface area contributed by atoms with E-state index >= 15 is 0 Å². The van der Waals surface area contributed by atoms with Crippen molar-refractivity contribution in [2.45, 2.75) is 58.5 Å². The number of hydrogen-bond donors (Lipinski definition) is 2. The summed E-state index contributed by atoms with van der Waals surface area (Å²) < 4.78 is 7.03. The highest BCUT2D eigenvalue weighted by molar-refractivity contribution is 6.07. The number of fused-ring (bicyclic) bond motifs is 4. The Morgan fingerprint density at radius 2 is 1.60 bits per heavy atom. The van der Waals surface area contributed by atoms with Gasteiger partial charge in [-0.1, -0.05) is 6.07 Å². The van der Waals surface area contributed by atoms with E-state index in [0.29, 0.717) is 62.4 Å². The van der Waals surface area contributed by atoms with Gasteiger partial charge in [0, 0.05) is 86.3 Å². The van der Waals surface area contributed by atoms with E-state index in [0.717, 1.165) is 43.1 Å². The van der Waals surface area contributed by atoms with Gasteiger partial charge < -0.3 is 34.6 Å². The van der Waals surface area contributed by atoms with E-state index in [1.165, 1.54) is 0 Å². The number of hydrogen-bond acceptors (Lipinski definition) is 7. The highest BCUT2D eigenvalue weighted by Gasteiger charge is 2.35. The maximum Gasteiger partial charge on any atom is 0.409 e. The summed E-state index contributed by atoms with van der Waals surface area (Å²) in [5.74, 6) is 0.00126. The summed E-state index contributed by atoms with van der Waals surface area (Å²) in [6, 6.07) is 18.5. The monoisotopic (exact) mass is 654 g/mol. The number of nitrogens with zero attached hydrogens (tertiary/aromatic N) is 4. The molecule has 3 aliphatic heterocycles. The summed E-state index contributed by atoms with van der Waals surface area (Å²) >= 11 is 0. The van der Waals surface area contributed by atoms with Crippen molar-refractivity contribution in [1.82, 2.24) is 14.8 Å². The van der Waals surface area contributed by atoms with E-state index in [4.69, 9.17) is 4.74 Å². The maximum atomic E-state index is 13.7. The van der Waals surface area contributed by atoms with Crippen LogP contribution in [0.4, 0.5) is 21.9 Å². The normalized spacial score (nSPS) is 18.9. The topological polar surface area (TPSA) is 116 Å². The molecule has 6 rings (SSSR count). The third-order valence-corrected chi connectivity index (χ3v) is 9.94. The molecule has 1 aromatic heterocycles. The van der Waals surface area contributed by atoms with Crippen LogP contribution in [0.2, 0.25) is 0 Å². The van der Waals surface area contributed by atoms with Gasteiger partial charge in [0.15, 0.2) is 0 Å². The molecule has 254 valence electrons. The van der Waals surface area contributed by atoms with Gasteiger partial charge in [-0.2, -0.15) is 0 Å². The number of carbonyl (C=O) groups is 3. The Morgan fingerprint density at radius 3 is 2.31 bits per heavy atom. The van der Waals surface area contributed by atoms with Crippen LogP contribution in [0.3, 0.4) is 0 Å². The molecule has 0 saturated carbocycles. The molecule has 2 atom stereocenters. The molecule has 3 aromatic rings. The van der Waals surface area contributed by atoms with E-state index < -0.39 is 0 Å². The van der Waals surface area contributed by atoms with Gasteiger partial charge in [0.2, 0.25) is 0 Å². The molecule has 0 radical (unpaired) electrons. The predicted molar refractivity (Wildman–Crippen MR) is 187 cm³/mol. The van der Waals surface area contributed by atoms with Gasteiger partial charge >= 0.3 is 6.09 Å². The second-order valence-electron chi connectivity index (χ2n) is 12.9. The fourth-order valence-electron chi connectivity index (χ4n) is 7.44. The first kappa shape index (κ1) is 33.1. The van der Waals surface area contributed by atoms with E-state index in [9.17, 15) is 19.2 Å². The van der Waals surface area contributed by atoms with Crippen LogP contribution in [-0.2, 0) is 11.3 Å². The summed E-state index contributed by atoms with van der Waals surface area (Å²) in [5.41, 5.74) is 4.55. The van der Waals surface area contributed by atoms with E-state index in [-0.39, 0.29) is 41.3 Å². The number of likely N-dealkylation sites (tertiary alicyclic amines) is 1. The van der Waals surface area contributed by atoms with Gasteiger partial charge in [-0.3, -0.25) is 14.4 Å². The quantitative estimate of drug-likeness (QED) is 0.337. The van der Waals surface area contributed by atoms with Crippen LogP contribution in [0.25, 0.3) is 0 Å². The Balaban J connectivity index is 1.23. The smallest absolute Gasteiger partial charge is 0.409 e. The van der Waals surface area contributed by atoms with E-state index in [1.807, 2.05) is 53.1 Å². The minimum Gasteiger partial charge on any atom is -0.450 e. The first-order chi connectivity index (χ1) is 23.3. The molecule has 2 saturated heterocycles. The number of ether oxygens (including phenoxy) is 1. The van der Waals surface area contributed by atoms with Crippen LogP contribution in [0, 0.1) is 5.92 Å². The van der Waals surface area contributed by atoms with Crippen LogP contribution in [0.5, 0.6) is 0 Å². The number of carbonyl (C=O) groups excluding carboxylic acids is 3. The minimum absolute atomic E-state index is 0.0394. The van der Waals surface area contributed by atoms with Crippen molar-refractivity contribution >= 4 is 35.0 Å². The van der Waals surface area contributed by atoms with Gasteiger partial charge in [-0.15, -0.1) is 0 Å². The number of anilines is 3. The summed E-state index contributed by atoms with van der Waals surface area (Å²) in [4.78, 5) is 58.1. The van der Waals surface area contributed by atoms with Gasteiger partial charge in [0.25, 0.3) is 17.4 Å². The SMILES string of the molecule is CCOC(=O)N1CCC(NC(=O)c2ccc(N3C[C@H]4C[C@@H](C3)c3cccc(=O)n3C4)c(NC(=O)c3ccc(N(CC)CC)cc3)c2)CC1. The Bertz CT molecular complexity index is 1690. The molecule has 0 unspecified atom stereocenters. The largest absolute Gasteiger partial charge is 0.450 e. The second kappa shape index (κ2) is 14.5. The van der Waals surface area contributed by atoms with Gasteiger partial charge in [-0.05, 0) is 94.5 Å². The van der Waals surface area contributed by atoms with Crippen LogP contribution in [0.1, 0.15) is 72.4 Å². The average molecular weight is 655 g/mol. The molecule has 3 aliphatic rings. The molecule has 2 bridgehead atoms. The molecule has 48 heavy (non-hydrogen) atoms. The molecule has 4 heterocycles. The molecule has 0 spiro atoms. The zero-order valence-corrected chi connectivity index (χ0v) is 28.1. The molecule has 3 amide bonds. The summed E-state index contributed by atoms with van der Waals surface area (Å²) in [6.45, 7) is 11.2. The summed E-state index contributed by atoms with van der Waals surface area (Å²) in [7, 11) is 0. The lowest BCUT2D eigenvalue weighted by atomic mass is 9.83. The molecule has 2 aromatic carbocycles. The molecule has 2 fully saturated rings. The Hall–Kier alpha value is -4.80. The van der Waals surface area contributed by atoms with Crippen molar-refractivity contribution in [2.75, 3.05) is 61.0 Å². The molecular formula is C37H46N6O5. The highest BCUT2D eigenvalue weighted by Crippen LogP contribution is 2.39. The van der Waals surface area contributed by atoms with Gasteiger partial charge in [-0.25, -0.2) is 4.79 Å². The fourth-order valence-corrected chi connectivity index (χ4v) is 7.44. The van der Waals surface area contributed by atoms with Crippen molar-refractivity contribution in [2.24, 2.45) is 5.92 Å². The molecule has 11 nitrogen and oxygen atoms in total. The number of rotatable bonds is 9. The molecular weight excluding hydrogens is 608 g/mol. The maximum absolute atomic E-state index is 13.7. The van der Waals surface area contributed by atoms with Crippen molar-refractivity contribution in [1.29, 1.82) is 0 Å². The lowest BCUT2D eigenvalue weighted by Crippen LogP contribution is -2.47. The third kappa shape index (κ3) is 7.05.